The minimum Gasteiger partial charge on any atom is -0.284 e. The molecule has 0 aromatic heterocycles. The quantitative estimate of drug-likeness (QED) is 0.572. The zero-order chi connectivity index (χ0) is 9.90. The van der Waals surface area contributed by atoms with Crippen molar-refractivity contribution in [1.29, 1.82) is 0 Å². The number of rotatable bonds is 2. The molecule has 0 aliphatic heterocycles. The van der Waals surface area contributed by atoms with E-state index in [0.717, 1.165) is 0 Å². The van der Waals surface area contributed by atoms with E-state index in [0.29, 0.717) is 5.56 Å². The predicted molar refractivity (Wildman–Crippen MR) is 49.6 cm³/mol. The Kier molecular flexibility index (Phi) is 2.71. The van der Waals surface area contributed by atoms with E-state index in [1.807, 2.05) is 5.92 Å². The molecule has 0 radical (unpaired) electrons. The van der Waals surface area contributed by atoms with E-state index in [2.05, 4.69) is 0 Å². The summed E-state index contributed by atoms with van der Waals surface area (Å²) in [7, 11) is -4.20. The summed E-state index contributed by atoms with van der Waals surface area (Å²) in [6.07, 6.45) is 5.00. The summed E-state index contributed by atoms with van der Waals surface area (Å²) in [5.41, 5.74) is 0.396. The van der Waals surface area contributed by atoms with Crippen LogP contribution >= 0.6 is 0 Å². The average Bonchev–Trinajstić information content (AvgIpc) is 2.05. The molecule has 0 aliphatic carbocycles. The van der Waals surface area contributed by atoms with Gasteiger partial charge < -0.3 is 0 Å². The summed E-state index contributed by atoms with van der Waals surface area (Å²) in [5, 5.41) is -1.27. The number of benzene rings is 1. The van der Waals surface area contributed by atoms with Gasteiger partial charge in [0.1, 0.15) is 0 Å². The summed E-state index contributed by atoms with van der Waals surface area (Å²) in [4.78, 5) is 0. The maximum atomic E-state index is 10.8. The van der Waals surface area contributed by atoms with Crippen molar-refractivity contribution < 1.29 is 13.0 Å². The molecule has 0 amide bonds. The van der Waals surface area contributed by atoms with Crippen LogP contribution in [0, 0.1) is 12.3 Å². The van der Waals surface area contributed by atoms with Gasteiger partial charge in [-0.1, -0.05) is 36.3 Å². The second-order valence-corrected chi connectivity index (χ2v) is 3.97. The van der Waals surface area contributed by atoms with E-state index >= 15 is 0 Å². The van der Waals surface area contributed by atoms with E-state index in [4.69, 9.17) is 11.0 Å². The zero-order valence-electron chi connectivity index (χ0n) is 6.71. The van der Waals surface area contributed by atoms with Gasteiger partial charge in [-0.3, -0.25) is 4.55 Å². The van der Waals surface area contributed by atoms with Crippen molar-refractivity contribution >= 4 is 10.1 Å². The van der Waals surface area contributed by atoms with Crippen molar-refractivity contribution in [2.75, 3.05) is 0 Å². The average molecular weight is 196 g/mol. The minimum absolute atomic E-state index is 0.396. The maximum Gasteiger partial charge on any atom is 0.283 e. The molecular weight excluding hydrogens is 188 g/mol. The Bertz CT molecular complexity index is 414. The molecule has 1 aromatic carbocycles. The number of hydrogen-bond donors (Lipinski definition) is 1. The van der Waals surface area contributed by atoms with Crippen molar-refractivity contribution in [3.63, 3.8) is 0 Å². The summed E-state index contributed by atoms with van der Waals surface area (Å²) < 4.78 is 30.3. The zero-order valence-corrected chi connectivity index (χ0v) is 7.53. The minimum atomic E-state index is -4.20. The molecule has 0 heterocycles. The van der Waals surface area contributed by atoms with E-state index in [1.165, 1.54) is 0 Å². The van der Waals surface area contributed by atoms with Crippen LogP contribution in [0.3, 0.4) is 0 Å². The van der Waals surface area contributed by atoms with Gasteiger partial charge in [0.2, 0.25) is 0 Å². The highest BCUT2D eigenvalue weighted by Crippen LogP contribution is 2.19. The van der Waals surface area contributed by atoms with Crippen LogP contribution in [-0.4, -0.2) is 13.0 Å². The van der Waals surface area contributed by atoms with Crippen LogP contribution in [0.25, 0.3) is 0 Å². The van der Waals surface area contributed by atoms with Gasteiger partial charge >= 0.3 is 0 Å². The van der Waals surface area contributed by atoms with Crippen LogP contribution < -0.4 is 0 Å². The van der Waals surface area contributed by atoms with Crippen molar-refractivity contribution in [2.45, 2.75) is 5.25 Å². The van der Waals surface area contributed by atoms with Gasteiger partial charge in [0, 0.05) is 0 Å². The Morgan fingerprint density at radius 1 is 1.31 bits per heavy atom. The van der Waals surface area contributed by atoms with Crippen LogP contribution in [-0.2, 0) is 10.1 Å². The fourth-order valence-corrected chi connectivity index (χ4v) is 1.66. The van der Waals surface area contributed by atoms with Crippen molar-refractivity contribution in [1.82, 2.24) is 0 Å². The number of terminal acetylenes is 1. The lowest BCUT2D eigenvalue weighted by molar-refractivity contribution is 0.477. The molecule has 1 unspecified atom stereocenters. The molecular formula is C9H8O3S. The van der Waals surface area contributed by atoms with Crippen LogP contribution in [0.4, 0.5) is 0 Å². The summed E-state index contributed by atoms with van der Waals surface area (Å²) in [6, 6.07) is 8.16. The third-order valence-electron chi connectivity index (χ3n) is 1.55. The molecule has 1 aromatic rings. The highest BCUT2D eigenvalue weighted by molar-refractivity contribution is 7.86. The molecule has 0 saturated heterocycles. The molecule has 1 rings (SSSR count). The molecule has 0 saturated carbocycles. The third kappa shape index (κ3) is 2.31. The molecule has 68 valence electrons. The second kappa shape index (κ2) is 3.60. The molecule has 3 nitrogen and oxygen atoms in total. The number of hydrogen-bond acceptors (Lipinski definition) is 2. The normalized spacial score (nSPS) is 13.2. The molecule has 0 spiro atoms. The summed E-state index contributed by atoms with van der Waals surface area (Å²) in [5.74, 6) is 2.02. The largest absolute Gasteiger partial charge is 0.284 e. The van der Waals surface area contributed by atoms with Crippen molar-refractivity contribution in [3.8, 4) is 12.3 Å². The standard InChI is InChI=1S/C9H8O3S/c1-2-9(13(10,11)12)8-6-4-3-5-7-8/h1,3-7,9H,(H,10,11,12). The van der Waals surface area contributed by atoms with E-state index < -0.39 is 15.4 Å². The van der Waals surface area contributed by atoms with Crippen molar-refractivity contribution in [2.24, 2.45) is 0 Å². The molecule has 4 heteroatoms. The SMILES string of the molecule is C#CC(c1ccccc1)S(=O)(=O)O. The third-order valence-corrected chi connectivity index (χ3v) is 2.56. The predicted octanol–water partition coefficient (Wildman–Crippen LogP) is 1.25. The van der Waals surface area contributed by atoms with Gasteiger partial charge in [0.25, 0.3) is 10.1 Å². The topological polar surface area (TPSA) is 54.4 Å². The Labute approximate surface area is 77.2 Å². The Morgan fingerprint density at radius 3 is 2.23 bits per heavy atom. The van der Waals surface area contributed by atoms with Gasteiger partial charge in [-0.2, -0.15) is 8.42 Å². The van der Waals surface area contributed by atoms with Crippen molar-refractivity contribution in [3.05, 3.63) is 35.9 Å². The Morgan fingerprint density at radius 2 is 1.85 bits per heavy atom. The molecule has 0 aliphatic rings. The van der Waals surface area contributed by atoms with Gasteiger partial charge in [-0.25, -0.2) is 0 Å². The highest BCUT2D eigenvalue weighted by atomic mass is 32.2. The van der Waals surface area contributed by atoms with Gasteiger partial charge in [-0.05, 0) is 5.56 Å². The van der Waals surface area contributed by atoms with Crippen LogP contribution in [0.2, 0.25) is 0 Å². The first kappa shape index (κ1) is 9.78. The van der Waals surface area contributed by atoms with Gasteiger partial charge in [0.05, 0.1) is 0 Å². The van der Waals surface area contributed by atoms with Gasteiger partial charge in [-0.15, -0.1) is 6.42 Å². The van der Waals surface area contributed by atoms with Crippen LogP contribution in [0.1, 0.15) is 10.8 Å². The van der Waals surface area contributed by atoms with Gasteiger partial charge in [0.15, 0.2) is 5.25 Å². The van der Waals surface area contributed by atoms with Crippen LogP contribution in [0.5, 0.6) is 0 Å². The molecule has 13 heavy (non-hydrogen) atoms. The maximum absolute atomic E-state index is 10.8. The lowest BCUT2D eigenvalue weighted by atomic mass is 10.2. The first-order valence-corrected chi connectivity index (χ1v) is 5.03. The monoisotopic (exact) mass is 196 g/mol. The summed E-state index contributed by atoms with van der Waals surface area (Å²) >= 11 is 0. The molecule has 1 atom stereocenters. The highest BCUT2D eigenvalue weighted by Gasteiger charge is 2.21. The van der Waals surface area contributed by atoms with E-state index in [9.17, 15) is 8.42 Å². The summed E-state index contributed by atoms with van der Waals surface area (Å²) in [6.45, 7) is 0. The second-order valence-electron chi connectivity index (χ2n) is 2.47. The molecule has 0 fully saturated rings. The first-order chi connectivity index (χ1) is 6.05. The lowest BCUT2D eigenvalue weighted by Crippen LogP contribution is -2.09. The Hall–Kier alpha value is -1.31. The smallest absolute Gasteiger partial charge is 0.283 e. The Balaban J connectivity index is 3.16. The first-order valence-electron chi connectivity index (χ1n) is 3.53. The molecule has 1 N–H and O–H groups in total. The lowest BCUT2D eigenvalue weighted by Gasteiger charge is -2.06. The van der Waals surface area contributed by atoms with Crippen LogP contribution in [0.15, 0.2) is 30.3 Å². The van der Waals surface area contributed by atoms with E-state index in [-0.39, 0.29) is 0 Å². The molecule has 0 bridgehead atoms. The van der Waals surface area contributed by atoms with E-state index in [1.54, 1.807) is 30.3 Å². The fourth-order valence-electron chi connectivity index (χ4n) is 0.982. The fraction of sp³-hybridized carbons (Fsp3) is 0.111.